The lowest BCUT2D eigenvalue weighted by molar-refractivity contribution is 0.276. The Labute approximate surface area is 103 Å². The summed E-state index contributed by atoms with van der Waals surface area (Å²) in [5.41, 5.74) is 12.4. The maximum absolute atomic E-state index is 5.89. The molecule has 0 amide bonds. The predicted molar refractivity (Wildman–Crippen MR) is 69.4 cm³/mol. The third-order valence-electron chi connectivity index (χ3n) is 2.41. The first kappa shape index (κ1) is 13.8. The lowest BCUT2D eigenvalue weighted by atomic mass is 10.1. The van der Waals surface area contributed by atoms with Gasteiger partial charge in [-0.3, -0.25) is 0 Å². The molecule has 0 spiro atoms. The molecule has 1 aromatic rings. The highest BCUT2D eigenvalue weighted by Gasteiger charge is 2.10. The highest BCUT2D eigenvalue weighted by molar-refractivity contribution is 5.44. The molecule has 4 N–H and O–H groups in total. The van der Waals surface area contributed by atoms with Gasteiger partial charge in [-0.25, -0.2) is 0 Å². The Kier molecular flexibility index (Phi) is 5.80. The molecule has 0 saturated carbocycles. The molecule has 4 nitrogen and oxygen atoms in total. The number of nitrogens with two attached hydrogens (primary N) is 2. The van der Waals surface area contributed by atoms with Crippen LogP contribution in [0.1, 0.15) is 31.9 Å². The van der Waals surface area contributed by atoms with Crippen molar-refractivity contribution in [2.75, 3.05) is 19.8 Å². The zero-order chi connectivity index (χ0) is 12.7. The van der Waals surface area contributed by atoms with Gasteiger partial charge in [-0.05, 0) is 31.0 Å². The van der Waals surface area contributed by atoms with Crippen LogP contribution in [0.25, 0.3) is 0 Å². The van der Waals surface area contributed by atoms with Crippen LogP contribution in [0.3, 0.4) is 0 Å². The van der Waals surface area contributed by atoms with E-state index in [1.807, 2.05) is 25.1 Å². The average Bonchev–Trinajstić information content (AvgIpc) is 2.36. The molecule has 0 bridgehead atoms. The monoisotopic (exact) mass is 238 g/mol. The molecule has 1 aromatic carbocycles. The summed E-state index contributed by atoms with van der Waals surface area (Å²) in [4.78, 5) is 0. The molecule has 0 aromatic heterocycles. The highest BCUT2D eigenvalue weighted by Crippen LogP contribution is 2.30. The lowest BCUT2D eigenvalue weighted by Gasteiger charge is -2.15. The average molecular weight is 238 g/mol. The van der Waals surface area contributed by atoms with Crippen LogP contribution in [0.5, 0.6) is 11.5 Å². The van der Waals surface area contributed by atoms with Crippen molar-refractivity contribution in [2.45, 2.75) is 26.3 Å². The van der Waals surface area contributed by atoms with Gasteiger partial charge in [0.05, 0.1) is 13.2 Å². The summed E-state index contributed by atoms with van der Waals surface area (Å²) < 4.78 is 11.2. The largest absolute Gasteiger partial charge is 0.490 e. The van der Waals surface area contributed by atoms with Crippen LogP contribution in [0, 0.1) is 0 Å². The predicted octanol–water partition coefficient (Wildman–Crippen LogP) is 1.83. The van der Waals surface area contributed by atoms with Gasteiger partial charge < -0.3 is 20.9 Å². The van der Waals surface area contributed by atoms with Gasteiger partial charge in [0.25, 0.3) is 0 Å². The molecule has 0 saturated heterocycles. The van der Waals surface area contributed by atoms with Crippen molar-refractivity contribution in [1.29, 1.82) is 0 Å². The van der Waals surface area contributed by atoms with E-state index in [-0.39, 0.29) is 6.04 Å². The summed E-state index contributed by atoms with van der Waals surface area (Å²) in [5.74, 6) is 1.50. The first-order chi connectivity index (χ1) is 8.22. The van der Waals surface area contributed by atoms with Crippen LogP contribution < -0.4 is 20.9 Å². The van der Waals surface area contributed by atoms with Crippen LogP contribution in [0.15, 0.2) is 18.2 Å². The van der Waals surface area contributed by atoms with Gasteiger partial charge in [0.1, 0.15) is 0 Å². The van der Waals surface area contributed by atoms with E-state index in [1.54, 1.807) is 0 Å². The normalized spacial score (nSPS) is 12.2. The Morgan fingerprint density at radius 3 is 2.53 bits per heavy atom. The molecule has 17 heavy (non-hydrogen) atoms. The van der Waals surface area contributed by atoms with E-state index in [2.05, 4.69) is 6.92 Å². The minimum atomic E-state index is -0.158. The molecular formula is C13H22N2O2. The van der Waals surface area contributed by atoms with E-state index in [9.17, 15) is 0 Å². The number of ether oxygens (including phenoxy) is 2. The van der Waals surface area contributed by atoms with Crippen molar-refractivity contribution in [3.8, 4) is 11.5 Å². The summed E-state index contributed by atoms with van der Waals surface area (Å²) in [7, 11) is 0. The summed E-state index contributed by atoms with van der Waals surface area (Å²) >= 11 is 0. The quantitative estimate of drug-likeness (QED) is 0.760. The summed E-state index contributed by atoms with van der Waals surface area (Å²) in [6.45, 7) is 5.71. The van der Waals surface area contributed by atoms with Crippen LogP contribution in [-0.2, 0) is 0 Å². The molecule has 0 unspecified atom stereocenters. The minimum absolute atomic E-state index is 0.158. The van der Waals surface area contributed by atoms with E-state index in [4.69, 9.17) is 20.9 Å². The summed E-state index contributed by atoms with van der Waals surface area (Å²) in [6.07, 6.45) is 0.968. The van der Waals surface area contributed by atoms with Gasteiger partial charge in [-0.15, -0.1) is 0 Å². The Morgan fingerprint density at radius 1 is 1.18 bits per heavy atom. The second-order valence-electron chi connectivity index (χ2n) is 3.83. The molecule has 0 aliphatic heterocycles. The molecule has 0 aliphatic carbocycles. The number of benzene rings is 1. The van der Waals surface area contributed by atoms with Crippen molar-refractivity contribution < 1.29 is 9.47 Å². The van der Waals surface area contributed by atoms with Crippen molar-refractivity contribution >= 4 is 0 Å². The Morgan fingerprint density at radius 2 is 1.94 bits per heavy atom. The summed E-state index contributed by atoms with van der Waals surface area (Å²) in [5, 5.41) is 0. The van der Waals surface area contributed by atoms with E-state index < -0.39 is 0 Å². The highest BCUT2D eigenvalue weighted by atomic mass is 16.5. The molecule has 1 rings (SSSR count). The van der Waals surface area contributed by atoms with Gasteiger partial charge in [-0.1, -0.05) is 13.0 Å². The number of rotatable bonds is 7. The molecule has 0 heterocycles. The van der Waals surface area contributed by atoms with Crippen molar-refractivity contribution in [3.05, 3.63) is 23.8 Å². The zero-order valence-electron chi connectivity index (χ0n) is 10.6. The Bertz CT molecular complexity index is 342. The van der Waals surface area contributed by atoms with Crippen LogP contribution in [0.4, 0.5) is 0 Å². The van der Waals surface area contributed by atoms with E-state index >= 15 is 0 Å². The number of hydrogen-bond donors (Lipinski definition) is 2. The SMILES string of the molecule is CCCOc1ccc([C@H](N)CN)cc1OCC. The fourth-order valence-corrected chi connectivity index (χ4v) is 1.49. The van der Waals surface area contributed by atoms with Crippen molar-refractivity contribution in [3.63, 3.8) is 0 Å². The first-order valence-electron chi connectivity index (χ1n) is 6.08. The molecule has 1 atom stereocenters. The first-order valence-corrected chi connectivity index (χ1v) is 6.08. The van der Waals surface area contributed by atoms with Crippen LogP contribution in [-0.4, -0.2) is 19.8 Å². The topological polar surface area (TPSA) is 70.5 Å². The molecular weight excluding hydrogens is 216 g/mol. The van der Waals surface area contributed by atoms with Gasteiger partial charge in [-0.2, -0.15) is 0 Å². The van der Waals surface area contributed by atoms with E-state index in [1.165, 1.54) is 0 Å². The van der Waals surface area contributed by atoms with Gasteiger partial charge >= 0.3 is 0 Å². The molecule has 0 aliphatic rings. The molecule has 4 heteroatoms. The van der Waals surface area contributed by atoms with Crippen LogP contribution in [0.2, 0.25) is 0 Å². The van der Waals surface area contributed by atoms with Crippen molar-refractivity contribution in [1.82, 2.24) is 0 Å². The molecule has 0 radical (unpaired) electrons. The smallest absolute Gasteiger partial charge is 0.161 e. The standard InChI is InChI=1S/C13H22N2O2/c1-3-7-17-12-6-5-10(11(15)9-14)8-13(12)16-4-2/h5-6,8,11H,3-4,7,9,14-15H2,1-2H3/t11-/m1/s1. The Balaban J connectivity index is 2.90. The Hall–Kier alpha value is -1.26. The fourth-order valence-electron chi connectivity index (χ4n) is 1.49. The zero-order valence-corrected chi connectivity index (χ0v) is 10.6. The third kappa shape index (κ3) is 3.91. The summed E-state index contributed by atoms with van der Waals surface area (Å²) in [6, 6.07) is 5.58. The van der Waals surface area contributed by atoms with Gasteiger partial charge in [0.2, 0.25) is 0 Å². The van der Waals surface area contributed by atoms with E-state index in [0.29, 0.717) is 19.8 Å². The fraction of sp³-hybridized carbons (Fsp3) is 0.538. The number of hydrogen-bond acceptors (Lipinski definition) is 4. The lowest BCUT2D eigenvalue weighted by Crippen LogP contribution is -2.20. The molecule has 0 fully saturated rings. The maximum Gasteiger partial charge on any atom is 0.161 e. The second-order valence-corrected chi connectivity index (χ2v) is 3.83. The molecule has 96 valence electrons. The minimum Gasteiger partial charge on any atom is -0.490 e. The van der Waals surface area contributed by atoms with E-state index in [0.717, 1.165) is 23.5 Å². The maximum atomic E-state index is 5.89. The van der Waals surface area contributed by atoms with Crippen molar-refractivity contribution in [2.24, 2.45) is 11.5 Å². The third-order valence-corrected chi connectivity index (χ3v) is 2.41. The second kappa shape index (κ2) is 7.14. The van der Waals surface area contributed by atoms with Gasteiger partial charge in [0.15, 0.2) is 11.5 Å². The van der Waals surface area contributed by atoms with Crippen LogP contribution >= 0.6 is 0 Å². The van der Waals surface area contributed by atoms with Gasteiger partial charge in [0, 0.05) is 12.6 Å².